The first-order chi connectivity index (χ1) is 39.1. The van der Waals surface area contributed by atoms with Crippen LogP contribution in [0.25, 0.3) is 0 Å². The number of carbonyl (C=O) groups excluding carboxylic acids is 6. The van der Waals surface area contributed by atoms with Gasteiger partial charge in [0.1, 0.15) is 0 Å². The van der Waals surface area contributed by atoms with Crippen molar-refractivity contribution in [3.63, 3.8) is 0 Å². The van der Waals surface area contributed by atoms with Gasteiger partial charge in [-0.1, -0.05) is 105 Å². The van der Waals surface area contributed by atoms with Crippen molar-refractivity contribution in [2.75, 3.05) is 144 Å². The Balaban J connectivity index is 2.71. The molecule has 0 atom stereocenters. The Hall–Kier alpha value is -4.31. The van der Waals surface area contributed by atoms with E-state index >= 15 is 0 Å². The predicted octanol–water partition coefficient (Wildman–Crippen LogP) is 4.20. The van der Waals surface area contributed by atoms with E-state index in [2.05, 4.69) is 101 Å². The van der Waals surface area contributed by atoms with Crippen molar-refractivity contribution in [2.24, 2.45) is 0 Å². The molecule has 0 unspecified atom stereocenters. The number of nitrogens with zero attached hydrogens (tertiary/aromatic N) is 4. The van der Waals surface area contributed by atoms with Crippen LogP contribution in [0.1, 0.15) is 175 Å². The molecule has 0 saturated carbocycles. The second-order valence-corrected chi connectivity index (χ2v) is 21.2. The number of hydrogen-bond acceptors (Lipinski definition) is 14. The van der Waals surface area contributed by atoms with Crippen LogP contribution in [0.15, 0.2) is 24.5 Å². The van der Waals surface area contributed by atoms with Crippen LogP contribution in [0.4, 0.5) is 0 Å². The maximum absolute atomic E-state index is 13.3. The van der Waals surface area contributed by atoms with Crippen LogP contribution in [0.2, 0.25) is 0 Å². The molecular formula is C60H116N14O6. The van der Waals surface area contributed by atoms with Gasteiger partial charge in [-0.2, -0.15) is 0 Å². The lowest BCUT2D eigenvalue weighted by molar-refractivity contribution is -0.122. The maximum Gasteiger partial charge on any atom is 0.221 e. The zero-order chi connectivity index (χ0) is 58.2. The van der Waals surface area contributed by atoms with E-state index in [0.29, 0.717) is 124 Å². The van der Waals surface area contributed by atoms with E-state index in [1.807, 2.05) is 12.1 Å². The van der Waals surface area contributed by atoms with E-state index in [1.165, 1.54) is 51.4 Å². The summed E-state index contributed by atoms with van der Waals surface area (Å²) in [5.74, 6) is 0.146. The second kappa shape index (κ2) is 55.2. The standard InChI is InChI=1S/C60H116N14O6/c1-5-9-13-17-29-66-55(75)23-35-62-39-47-72(48-40-63-36-24-56(76)67-30-18-14-10-6-2)51-43-70-59(79)27-45-74(53-54-21-33-61-34-22-54)46-28-60(80)71-44-52-73(49-41-64-37-25-57(77)68-31-19-15-11-7-3)50-42-65-38-26-58(78)69-32-20-16-12-8-4/h21-22,33-34,62-65H,5-20,23-32,35-53H2,1-4H3,(H,66,75)(H,67,76)(H,68,77)(H,69,78)(H,70,79)(H,71,80). The monoisotopic (exact) mass is 1130 g/mol. The molecule has 1 heterocycles. The van der Waals surface area contributed by atoms with E-state index in [0.717, 1.165) is 109 Å². The van der Waals surface area contributed by atoms with E-state index < -0.39 is 0 Å². The Bertz CT molecular complexity index is 1500. The van der Waals surface area contributed by atoms with Crippen LogP contribution in [-0.2, 0) is 35.3 Å². The molecule has 20 nitrogen and oxygen atoms in total. The molecule has 1 aromatic rings. The van der Waals surface area contributed by atoms with Crippen molar-refractivity contribution in [1.29, 1.82) is 0 Å². The first kappa shape index (κ1) is 73.7. The summed E-state index contributed by atoms with van der Waals surface area (Å²) < 4.78 is 0. The van der Waals surface area contributed by atoms with Gasteiger partial charge in [0.25, 0.3) is 0 Å². The summed E-state index contributed by atoms with van der Waals surface area (Å²) >= 11 is 0. The number of carbonyl (C=O) groups is 6. The lowest BCUT2D eigenvalue weighted by Crippen LogP contribution is -2.43. The minimum Gasteiger partial charge on any atom is -0.356 e. The van der Waals surface area contributed by atoms with Gasteiger partial charge in [0, 0.05) is 201 Å². The highest BCUT2D eigenvalue weighted by molar-refractivity contribution is 5.78. The number of pyridine rings is 1. The van der Waals surface area contributed by atoms with Crippen molar-refractivity contribution >= 4 is 35.4 Å². The average molecular weight is 1130 g/mol. The minimum atomic E-state index is -0.0574. The predicted molar refractivity (Wildman–Crippen MR) is 326 cm³/mol. The molecule has 0 spiro atoms. The molecule has 0 fully saturated rings. The van der Waals surface area contributed by atoms with Crippen LogP contribution >= 0.6 is 0 Å². The number of aromatic nitrogens is 1. The Labute approximate surface area is 484 Å². The highest BCUT2D eigenvalue weighted by Crippen LogP contribution is 2.06. The molecule has 0 saturated heterocycles. The Kier molecular flexibility index (Phi) is 50.9. The molecule has 20 heteroatoms. The van der Waals surface area contributed by atoms with Crippen LogP contribution in [0.3, 0.4) is 0 Å². The molecule has 10 N–H and O–H groups in total. The SMILES string of the molecule is CCCCCCNC(=O)CCNCCN(CCNCCC(=O)NCCCCCC)CCNC(=O)CCN(CCC(=O)NCCN(CCNCCC(=O)NCCCCCC)CCNCCC(=O)NCCCCCC)Cc1ccncc1. The van der Waals surface area contributed by atoms with Gasteiger partial charge in [-0.15, -0.1) is 0 Å². The molecule has 462 valence electrons. The summed E-state index contributed by atoms with van der Waals surface area (Å²) in [5, 5.41) is 32.0. The summed E-state index contributed by atoms with van der Waals surface area (Å²) in [7, 11) is 0. The molecule has 1 aromatic heterocycles. The van der Waals surface area contributed by atoms with Gasteiger partial charge in [-0.3, -0.25) is 48.5 Å². The third-order valence-corrected chi connectivity index (χ3v) is 13.9. The lowest BCUT2D eigenvalue weighted by Gasteiger charge is -2.24. The normalized spacial score (nSPS) is 11.3. The topological polar surface area (TPSA) is 245 Å². The van der Waals surface area contributed by atoms with Crippen LogP contribution < -0.4 is 53.2 Å². The van der Waals surface area contributed by atoms with Crippen molar-refractivity contribution in [1.82, 2.24) is 72.9 Å². The number of rotatable bonds is 58. The van der Waals surface area contributed by atoms with Crippen molar-refractivity contribution < 1.29 is 28.8 Å². The van der Waals surface area contributed by atoms with Crippen LogP contribution in [0, 0.1) is 0 Å². The highest BCUT2D eigenvalue weighted by atomic mass is 16.2. The quantitative estimate of drug-likeness (QED) is 0.0412. The van der Waals surface area contributed by atoms with E-state index in [1.54, 1.807) is 12.4 Å². The lowest BCUT2D eigenvalue weighted by atomic mass is 10.2. The van der Waals surface area contributed by atoms with Gasteiger partial charge in [0.05, 0.1) is 0 Å². The fourth-order valence-corrected chi connectivity index (χ4v) is 8.82. The summed E-state index contributed by atoms with van der Waals surface area (Å²) in [6.45, 7) is 23.5. The van der Waals surface area contributed by atoms with Crippen molar-refractivity contribution in [3.05, 3.63) is 30.1 Å². The molecule has 0 radical (unpaired) electrons. The molecule has 6 amide bonds. The maximum atomic E-state index is 13.3. The first-order valence-corrected chi connectivity index (χ1v) is 31.6. The van der Waals surface area contributed by atoms with Gasteiger partial charge in [0.15, 0.2) is 0 Å². The number of nitrogens with one attached hydrogen (secondary N) is 10. The minimum absolute atomic E-state index is 0.0574. The summed E-state index contributed by atoms with van der Waals surface area (Å²) in [5.41, 5.74) is 1.05. The fraction of sp³-hybridized carbons (Fsp3) is 0.817. The zero-order valence-corrected chi connectivity index (χ0v) is 50.9. The van der Waals surface area contributed by atoms with E-state index in [-0.39, 0.29) is 48.3 Å². The fourth-order valence-electron chi connectivity index (χ4n) is 8.82. The zero-order valence-electron chi connectivity index (χ0n) is 50.9. The van der Waals surface area contributed by atoms with E-state index in [4.69, 9.17) is 0 Å². The van der Waals surface area contributed by atoms with Crippen molar-refractivity contribution in [2.45, 2.75) is 175 Å². The average Bonchev–Trinajstić information content (AvgIpc) is 3.45. The Morgan fingerprint density at radius 2 is 0.588 bits per heavy atom. The van der Waals surface area contributed by atoms with Crippen LogP contribution in [-0.4, -0.2) is 199 Å². The number of amides is 6. The molecule has 0 aromatic carbocycles. The highest BCUT2D eigenvalue weighted by Gasteiger charge is 2.14. The summed E-state index contributed by atoms with van der Waals surface area (Å²) in [6.07, 6.45) is 23.8. The number of hydrogen-bond donors (Lipinski definition) is 10. The van der Waals surface area contributed by atoms with E-state index in [9.17, 15) is 28.8 Å². The van der Waals surface area contributed by atoms with Gasteiger partial charge < -0.3 is 53.2 Å². The summed E-state index contributed by atoms with van der Waals surface area (Å²) in [6, 6.07) is 3.90. The van der Waals surface area contributed by atoms with Gasteiger partial charge in [-0.05, 0) is 43.4 Å². The van der Waals surface area contributed by atoms with Crippen molar-refractivity contribution in [3.8, 4) is 0 Å². The smallest absolute Gasteiger partial charge is 0.221 e. The first-order valence-electron chi connectivity index (χ1n) is 31.6. The molecule has 0 bridgehead atoms. The Morgan fingerprint density at radius 3 is 0.887 bits per heavy atom. The van der Waals surface area contributed by atoms with Gasteiger partial charge >= 0.3 is 0 Å². The molecule has 1 rings (SSSR count). The van der Waals surface area contributed by atoms with Gasteiger partial charge in [0.2, 0.25) is 35.4 Å². The molecule has 0 aliphatic carbocycles. The van der Waals surface area contributed by atoms with Gasteiger partial charge in [-0.25, -0.2) is 0 Å². The third-order valence-electron chi connectivity index (χ3n) is 13.9. The third kappa shape index (κ3) is 48.4. The second-order valence-electron chi connectivity index (χ2n) is 21.2. The molecule has 80 heavy (non-hydrogen) atoms. The largest absolute Gasteiger partial charge is 0.356 e. The Morgan fingerprint density at radius 1 is 0.312 bits per heavy atom. The molecule has 0 aliphatic rings. The molecular weight excluding hydrogens is 1010 g/mol. The molecule has 0 aliphatic heterocycles. The number of unbranched alkanes of at least 4 members (excludes halogenated alkanes) is 12. The summed E-state index contributed by atoms with van der Waals surface area (Å²) in [4.78, 5) is 86.8. The van der Waals surface area contributed by atoms with Crippen LogP contribution in [0.5, 0.6) is 0 Å².